The van der Waals surface area contributed by atoms with Gasteiger partial charge in [-0.3, -0.25) is 14.5 Å². The topological polar surface area (TPSA) is 66.6 Å². The zero-order valence-electron chi connectivity index (χ0n) is 20.2. The van der Waals surface area contributed by atoms with Gasteiger partial charge in [-0.1, -0.05) is 72.8 Å². The van der Waals surface area contributed by atoms with Crippen molar-refractivity contribution in [2.24, 2.45) is 5.73 Å². The number of nitrogens with two attached hydrogens (primary N) is 1. The van der Waals surface area contributed by atoms with E-state index in [1.165, 1.54) is 24.0 Å². The highest BCUT2D eigenvalue weighted by molar-refractivity contribution is 6.30. The molecule has 3 aromatic rings. The number of hydrogen-bond donors (Lipinski definition) is 1. The molecule has 1 heterocycles. The van der Waals surface area contributed by atoms with Crippen LogP contribution in [0.2, 0.25) is 0 Å². The van der Waals surface area contributed by atoms with Crippen LogP contribution in [-0.2, 0) is 22.3 Å². The van der Waals surface area contributed by atoms with Crippen molar-refractivity contribution < 1.29 is 22.8 Å². The van der Waals surface area contributed by atoms with Crippen molar-refractivity contribution in [1.29, 1.82) is 0 Å². The van der Waals surface area contributed by atoms with E-state index >= 15 is 0 Å². The number of rotatable bonds is 8. The van der Waals surface area contributed by atoms with Gasteiger partial charge < -0.3 is 10.6 Å². The zero-order valence-corrected chi connectivity index (χ0v) is 20.9. The Morgan fingerprint density at radius 2 is 1.43 bits per heavy atom. The molecule has 2 amide bonds. The first-order chi connectivity index (χ1) is 17.5. The fourth-order valence-corrected chi connectivity index (χ4v) is 4.91. The van der Waals surface area contributed by atoms with Crippen LogP contribution in [0.15, 0.2) is 84.9 Å². The fraction of sp³-hybridized carbons (Fsp3) is 0.286. The van der Waals surface area contributed by atoms with E-state index in [2.05, 4.69) is 4.90 Å². The predicted octanol–water partition coefficient (Wildman–Crippen LogP) is 4.99. The van der Waals surface area contributed by atoms with Gasteiger partial charge >= 0.3 is 6.18 Å². The second-order valence-electron chi connectivity index (χ2n) is 9.26. The normalized spacial score (nSPS) is 16.2. The summed E-state index contributed by atoms with van der Waals surface area (Å²) >= 11 is 6.15. The van der Waals surface area contributed by atoms with E-state index in [9.17, 15) is 22.8 Å². The highest BCUT2D eigenvalue weighted by Gasteiger charge is 2.56. The Bertz CT molecular complexity index is 1190. The van der Waals surface area contributed by atoms with Gasteiger partial charge in [0.25, 0.3) is 0 Å². The van der Waals surface area contributed by atoms with Crippen LogP contribution in [0, 0.1) is 0 Å². The van der Waals surface area contributed by atoms with Gasteiger partial charge in [0.15, 0.2) is 0 Å². The van der Waals surface area contributed by atoms with Crippen LogP contribution in [0.25, 0.3) is 0 Å². The molecule has 0 aromatic heterocycles. The third-order valence-electron chi connectivity index (χ3n) is 6.73. The molecule has 0 aliphatic carbocycles. The van der Waals surface area contributed by atoms with Gasteiger partial charge in [0.05, 0.1) is 11.6 Å². The molecule has 1 fully saturated rings. The second-order valence-corrected chi connectivity index (χ2v) is 9.91. The number of alkyl halides is 4. The van der Waals surface area contributed by atoms with Gasteiger partial charge in [0, 0.05) is 19.6 Å². The Balaban J connectivity index is 1.66. The third-order valence-corrected chi connectivity index (χ3v) is 6.92. The van der Waals surface area contributed by atoms with Crippen LogP contribution < -0.4 is 5.73 Å². The number of carbonyl (C=O) groups excluding carboxylic acids is 2. The van der Waals surface area contributed by atoms with Crippen LogP contribution in [0.3, 0.4) is 0 Å². The lowest BCUT2D eigenvalue weighted by Crippen LogP contribution is -2.77. The molecule has 5 nitrogen and oxygen atoms in total. The largest absolute Gasteiger partial charge is 0.416 e. The van der Waals surface area contributed by atoms with E-state index in [0.717, 1.165) is 23.3 Å². The molecule has 0 spiro atoms. The maximum absolute atomic E-state index is 13.2. The molecule has 1 unspecified atom stereocenters. The molecule has 0 radical (unpaired) electrons. The molecule has 37 heavy (non-hydrogen) atoms. The van der Waals surface area contributed by atoms with E-state index in [0.29, 0.717) is 5.56 Å². The summed E-state index contributed by atoms with van der Waals surface area (Å²) in [7, 11) is 0. The molecule has 194 valence electrons. The van der Waals surface area contributed by atoms with Gasteiger partial charge in [-0.05, 0) is 35.7 Å². The minimum Gasteiger partial charge on any atom is -0.368 e. The zero-order chi connectivity index (χ0) is 26.8. The van der Waals surface area contributed by atoms with Crippen LogP contribution >= 0.6 is 11.6 Å². The number of hydrogen-bond acceptors (Lipinski definition) is 3. The van der Waals surface area contributed by atoms with Crippen molar-refractivity contribution in [3.63, 3.8) is 0 Å². The van der Waals surface area contributed by atoms with Gasteiger partial charge in [-0.2, -0.15) is 13.2 Å². The van der Waals surface area contributed by atoms with Gasteiger partial charge in [-0.25, -0.2) is 0 Å². The van der Waals surface area contributed by atoms with Crippen LogP contribution in [0.5, 0.6) is 0 Å². The van der Waals surface area contributed by atoms with E-state index < -0.39 is 34.5 Å². The number of amides is 2. The van der Waals surface area contributed by atoms with Crippen molar-refractivity contribution in [1.82, 2.24) is 9.80 Å². The Kier molecular flexibility index (Phi) is 7.62. The van der Waals surface area contributed by atoms with Gasteiger partial charge in [-0.15, -0.1) is 11.6 Å². The minimum absolute atomic E-state index is 0.105. The van der Waals surface area contributed by atoms with Crippen molar-refractivity contribution in [2.45, 2.75) is 36.6 Å². The number of primary amides is 1. The highest BCUT2D eigenvalue weighted by atomic mass is 35.5. The molecule has 1 saturated heterocycles. The van der Waals surface area contributed by atoms with Crippen molar-refractivity contribution in [2.75, 3.05) is 13.1 Å². The van der Waals surface area contributed by atoms with Gasteiger partial charge in [0.2, 0.25) is 11.8 Å². The summed E-state index contributed by atoms with van der Waals surface area (Å²) in [4.78, 5) is 29.5. The Morgan fingerprint density at radius 1 is 0.946 bits per heavy atom. The van der Waals surface area contributed by atoms with E-state index in [-0.39, 0.29) is 25.7 Å². The summed E-state index contributed by atoms with van der Waals surface area (Å²) in [6.45, 7) is 1.68. The van der Waals surface area contributed by atoms with Crippen LogP contribution in [-0.4, -0.2) is 45.6 Å². The first-order valence-electron chi connectivity index (χ1n) is 11.8. The monoisotopic (exact) mass is 529 g/mol. The van der Waals surface area contributed by atoms with E-state index in [4.69, 9.17) is 17.3 Å². The van der Waals surface area contributed by atoms with Crippen molar-refractivity contribution >= 4 is 23.4 Å². The molecule has 0 bridgehead atoms. The summed E-state index contributed by atoms with van der Waals surface area (Å²) in [5.74, 6) is -1.21. The van der Waals surface area contributed by atoms with E-state index in [1.807, 2.05) is 60.7 Å². The van der Waals surface area contributed by atoms with Crippen molar-refractivity contribution in [3.8, 4) is 0 Å². The average Bonchev–Trinajstić information content (AvgIpc) is 2.85. The molecule has 1 atom stereocenters. The number of nitrogens with zero attached hydrogens (tertiary/aromatic N) is 2. The molecule has 3 aromatic carbocycles. The fourth-order valence-electron chi connectivity index (χ4n) is 4.79. The maximum atomic E-state index is 13.2. The van der Waals surface area contributed by atoms with Crippen molar-refractivity contribution in [3.05, 3.63) is 107 Å². The quantitative estimate of drug-likeness (QED) is 0.418. The summed E-state index contributed by atoms with van der Waals surface area (Å²) in [5.41, 5.74) is 6.18. The summed E-state index contributed by atoms with van der Waals surface area (Å²) < 4.78 is 39.1. The molecule has 4 rings (SSSR count). The summed E-state index contributed by atoms with van der Waals surface area (Å²) in [5, 5.41) is -0.959. The average molecular weight is 530 g/mol. The first kappa shape index (κ1) is 26.7. The number of halogens is 4. The van der Waals surface area contributed by atoms with E-state index in [1.54, 1.807) is 0 Å². The van der Waals surface area contributed by atoms with Crippen LogP contribution in [0.1, 0.15) is 35.2 Å². The lowest BCUT2D eigenvalue weighted by atomic mass is 9.82. The molecule has 9 heteroatoms. The molecular weight excluding hydrogens is 503 g/mol. The Labute approximate surface area is 218 Å². The SMILES string of the molecule is CC(Cl)C(=O)N(Cc1ccc(C(F)(F)F)cc1)C1(C(N)=O)CN(C(c2ccccc2)c2ccccc2)C1. The summed E-state index contributed by atoms with van der Waals surface area (Å²) in [6, 6.07) is 23.8. The number of benzene rings is 3. The molecule has 1 aliphatic rings. The third kappa shape index (κ3) is 5.50. The number of carbonyl (C=O) groups is 2. The first-order valence-corrected chi connectivity index (χ1v) is 12.2. The smallest absolute Gasteiger partial charge is 0.368 e. The predicted molar refractivity (Wildman–Crippen MR) is 136 cm³/mol. The maximum Gasteiger partial charge on any atom is 0.416 e. The molecule has 2 N–H and O–H groups in total. The number of likely N-dealkylation sites (tertiary alicyclic amines) is 1. The minimum atomic E-state index is -4.48. The van der Waals surface area contributed by atoms with Crippen LogP contribution in [0.4, 0.5) is 13.2 Å². The van der Waals surface area contributed by atoms with Gasteiger partial charge in [0.1, 0.15) is 10.9 Å². The molecule has 1 aliphatic heterocycles. The second kappa shape index (κ2) is 10.6. The highest BCUT2D eigenvalue weighted by Crippen LogP contribution is 2.40. The summed E-state index contributed by atoms with van der Waals surface area (Å²) in [6.07, 6.45) is -4.48. The lowest BCUT2D eigenvalue weighted by Gasteiger charge is -2.56. The Hall–Kier alpha value is -3.36. The lowest BCUT2D eigenvalue weighted by molar-refractivity contribution is -0.161. The molecule has 0 saturated carbocycles. The standard InChI is InChI=1S/C28H27ClF3N3O2/c1-19(29)25(36)35(16-20-12-14-23(15-13-20)28(30,31)32)27(26(33)37)17-34(18-27)24(21-8-4-2-5-9-21)22-10-6-3-7-11-22/h2-15,19,24H,16-18H2,1H3,(H2,33,37). The molecular formula is C28H27ClF3N3O2. The Morgan fingerprint density at radius 3 is 1.84 bits per heavy atom.